The number of ether oxygens (including phenoxy) is 1. The summed E-state index contributed by atoms with van der Waals surface area (Å²) in [6, 6.07) is 7.05. The molecule has 0 bridgehead atoms. The average molecular weight is 252 g/mol. The lowest BCUT2D eigenvalue weighted by Gasteiger charge is -2.13. The molecule has 0 aromatic heterocycles. The molecule has 1 aromatic carbocycles. The molecule has 0 amide bonds. The van der Waals surface area contributed by atoms with Crippen molar-refractivity contribution in [3.8, 4) is 0 Å². The molecule has 1 rings (SSSR count). The second-order valence-electron chi connectivity index (χ2n) is 2.99. The standard InChI is InChI=1S/C10H11F2NO2.ClH/c1-15-10(14)9(13(11)12)7-8-5-3-2-4-6-8;/h2-6,9H,7H2,1H3;1H. The maximum atomic E-state index is 12.4. The Bertz CT molecular complexity index is 322. The van der Waals surface area contributed by atoms with Gasteiger partial charge in [0.1, 0.15) is 0 Å². The van der Waals surface area contributed by atoms with Gasteiger partial charge in [-0.15, -0.1) is 21.4 Å². The third-order valence-electron chi connectivity index (χ3n) is 1.98. The number of carbonyl (C=O) groups is 1. The molecule has 0 N–H and O–H groups in total. The van der Waals surface area contributed by atoms with Crippen molar-refractivity contribution in [2.24, 2.45) is 0 Å². The number of hydrogen-bond donors (Lipinski definition) is 0. The SMILES string of the molecule is COC(=O)C(Cc1ccccc1)N(F)F.Cl. The second-order valence-corrected chi connectivity index (χ2v) is 2.99. The molecule has 6 heteroatoms. The van der Waals surface area contributed by atoms with Gasteiger partial charge in [0.2, 0.25) is 0 Å². The number of hydrogen-bond acceptors (Lipinski definition) is 3. The van der Waals surface area contributed by atoms with Crippen LogP contribution in [0.1, 0.15) is 5.56 Å². The highest BCUT2D eigenvalue weighted by molar-refractivity contribution is 5.85. The van der Waals surface area contributed by atoms with Crippen LogP contribution in [-0.4, -0.2) is 24.5 Å². The van der Waals surface area contributed by atoms with E-state index in [2.05, 4.69) is 4.74 Å². The predicted octanol–water partition coefficient (Wildman–Crippen LogP) is 2.26. The minimum Gasteiger partial charge on any atom is -0.468 e. The summed E-state index contributed by atoms with van der Waals surface area (Å²) < 4.78 is 29.0. The van der Waals surface area contributed by atoms with E-state index in [1.807, 2.05) is 0 Å². The molecular formula is C10H12ClF2NO2. The maximum absolute atomic E-state index is 12.4. The number of halogens is 3. The van der Waals surface area contributed by atoms with E-state index in [0.29, 0.717) is 5.56 Å². The largest absolute Gasteiger partial charge is 0.468 e. The van der Waals surface area contributed by atoms with E-state index in [9.17, 15) is 13.8 Å². The van der Waals surface area contributed by atoms with Crippen LogP contribution >= 0.6 is 12.4 Å². The Labute approximate surface area is 98.3 Å². The maximum Gasteiger partial charge on any atom is 0.329 e. The lowest BCUT2D eigenvalue weighted by atomic mass is 10.1. The highest BCUT2D eigenvalue weighted by atomic mass is 35.5. The number of carbonyl (C=O) groups excluding carboxylic acids is 1. The van der Waals surface area contributed by atoms with Crippen LogP contribution in [0, 0.1) is 0 Å². The molecule has 0 saturated heterocycles. The van der Waals surface area contributed by atoms with Crippen LogP contribution in [0.2, 0.25) is 0 Å². The monoisotopic (exact) mass is 251 g/mol. The quantitative estimate of drug-likeness (QED) is 0.607. The Morgan fingerprint density at radius 3 is 2.38 bits per heavy atom. The van der Waals surface area contributed by atoms with E-state index in [1.54, 1.807) is 30.3 Å². The summed E-state index contributed by atoms with van der Waals surface area (Å²) in [5.41, 5.74) is 0.660. The minimum atomic E-state index is -1.54. The number of benzene rings is 1. The van der Waals surface area contributed by atoms with E-state index < -0.39 is 17.4 Å². The van der Waals surface area contributed by atoms with Crippen molar-refractivity contribution in [2.75, 3.05) is 7.11 Å². The Hall–Kier alpha value is -1.20. The molecule has 1 aromatic rings. The Balaban J connectivity index is 0.00000225. The second kappa shape index (κ2) is 7.14. The summed E-state index contributed by atoms with van der Waals surface area (Å²) in [4.78, 5) is 11.0. The Morgan fingerprint density at radius 1 is 1.38 bits per heavy atom. The van der Waals surface area contributed by atoms with Crippen molar-refractivity contribution in [1.82, 2.24) is 5.34 Å². The third-order valence-corrected chi connectivity index (χ3v) is 1.98. The van der Waals surface area contributed by atoms with Crippen molar-refractivity contribution >= 4 is 18.4 Å². The Morgan fingerprint density at radius 2 is 1.94 bits per heavy atom. The van der Waals surface area contributed by atoms with E-state index in [4.69, 9.17) is 0 Å². The zero-order chi connectivity index (χ0) is 11.3. The molecule has 0 aliphatic carbocycles. The molecule has 0 heterocycles. The molecule has 0 fully saturated rings. The van der Waals surface area contributed by atoms with Gasteiger partial charge in [-0.05, 0) is 5.56 Å². The summed E-state index contributed by atoms with van der Waals surface area (Å²) in [5.74, 6) is -0.941. The molecule has 0 aliphatic rings. The molecule has 3 nitrogen and oxygen atoms in total. The molecule has 16 heavy (non-hydrogen) atoms. The van der Waals surface area contributed by atoms with E-state index in [1.165, 1.54) is 0 Å². The van der Waals surface area contributed by atoms with E-state index in [-0.39, 0.29) is 18.8 Å². The summed E-state index contributed by atoms with van der Waals surface area (Å²) in [7, 11) is 1.09. The van der Waals surface area contributed by atoms with Gasteiger partial charge in [-0.25, -0.2) is 0 Å². The third kappa shape index (κ3) is 4.12. The fraction of sp³-hybridized carbons (Fsp3) is 0.300. The summed E-state index contributed by atoms with van der Waals surface area (Å²) in [5, 5.41) is -1.13. The first-order valence-electron chi connectivity index (χ1n) is 4.37. The zero-order valence-corrected chi connectivity index (χ0v) is 9.42. The fourth-order valence-electron chi connectivity index (χ4n) is 1.21. The predicted molar refractivity (Wildman–Crippen MR) is 57.3 cm³/mol. The summed E-state index contributed by atoms with van der Waals surface area (Å²) in [6.07, 6.45) is -0.0689. The van der Waals surface area contributed by atoms with Crippen molar-refractivity contribution in [3.63, 3.8) is 0 Å². The molecule has 1 atom stereocenters. The molecule has 0 saturated carbocycles. The number of rotatable bonds is 4. The van der Waals surface area contributed by atoms with Gasteiger partial charge in [0, 0.05) is 11.8 Å². The molecule has 0 spiro atoms. The van der Waals surface area contributed by atoms with Crippen LogP contribution in [0.3, 0.4) is 0 Å². The number of nitrogens with zero attached hydrogens (tertiary/aromatic N) is 1. The fourth-order valence-corrected chi connectivity index (χ4v) is 1.21. The first kappa shape index (κ1) is 14.8. The lowest BCUT2D eigenvalue weighted by Crippen LogP contribution is -2.34. The molecule has 0 radical (unpaired) electrons. The van der Waals surface area contributed by atoms with Gasteiger partial charge in [-0.1, -0.05) is 30.3 Å². The first-order chi connectivity index (χ1) is 7.15. The summed E-state index contributed by atoms with van der Waals surface area (Å²) >= 11 is 0. The topological polar surface area (TPSA) is 29.5 Å². The van der Waals surface area contributed by atoms with Gasteiger partial charge in [-0.3, -0.25) is 4.79 Å². The molecule has 90 valence electrons. The van der Waals surface area contributed by atoms with Crippen molar-refractivity contribution < 1.29 is 18.5 Å². The van der Waals surface area contributed by atoms with Crippen LogP contribution in [0.15, 0.2) is 30.3 Å². The van der Waals surface area contributed by atoms with Crippen molar-refractivity contribution in [3.05, 3.63) is 35.9 Å². The van der Waals surface area contributed by atoms with E-state index in [0.717, 1.165) is 7.11 Å². The average Bonchev–Trinajstić information content (AvgIpc) is 2.26. The highest BCUT2D eigenvalue weighted by Crippen LogP contribution is 2.11. The van der Waals surface area contributed by atoms with Crippen LogP contribution in [0.4, 0.5) is 8.96 Å². The van der Waals surface area contributed by atoms with E-state index >= 15 is 0 Å². The van der Waals surface area contributed by atoms with Crippen molar-refractivity contribution in [2.45, 2.75) is 12.5 Å². The van der Waals surface area contributed by atoms with Gasteiger partial charge in [0.25, 0.3) is 0 Å². The molecule has 1 unspecified atom stereocenters. The van der Waals surface area contributed by atoms with Gasteiger partial charge in [0.15, 0.2) is 6.04 Å². The number of esters is 1. The lowest BCUT2D eigenvalue weighted by molar-refractivity contribution is -0.202. The normalized spacial score (nSPS) is 11.8. The van der Waals surface area contributed by atoms with Gasteiger partial charge in [0.05, 0.1) is 7.11 Å². The Kier molecular flexibility index (Phi) is 6.60. The van der Waals surface area contributed by atoms with Crippen molar-refractivity contribution in [1.29, 1.82) is 0 Å². The van der Waals surface area contributed by atoms with Gasteiger partial charge < -0.3 is 4.74 Å². The van der Waals surface area contributed by atoms with Crippen LogP contribution in [0.25, 0.3) is 0 Å². The zero-order valence-electron chi connectivity index (χ0n) is 8.60. The smallest absolute Gasteiger partial charge is 0.329 e. The molecule has 0 aliphatic heterocycles. The van der Waals surface area contributed by atoms with Gasteiger partial charge in [-0.2, -0.15) is 0 Å². The highest BCUT2D eigenvalue weighted by Gasteiger charge is 2.27. The van der Waals surface area contributed by atoms with Crippen LogP contribution < -0.4 is 0 Å². The van der Waals surface area contributed by atoms with Gasteiger partial charge >= 0.3 is 5.97 Å². The minimum absolute atomic E-state index is 0. The summed E-state index contributed by atoms with van der Waals surface area (Å²) in [6.45, 7) is 0. The first-order valence-corrected chi connectivity index (χ1v) is 4.37. The molecular weight excluding hydrogens is 240 g/mol. The van der Waals surface area contributed by atoms with Crippen LogP contribution in [-0.2, 0) is 16.0 Å². The van der Waals surface area contributed by atoms with Crippen LogP contribution in [0.5, 0.6) is 0 Å². The number of methoxy groups -OCH3 is 1.